The van der Waals surface area contributed by atoms with E-state index < -0.39 is 0 Å². The lowest BCUT2D eigenvalue weighted by atomic mass is 9.90. The van der Waals surface area contributed by atoms with Crippen molar-refractivity contribution in [3.63, 3.8) is 0 Å². The molecule has 0 amide bonds. The Morgan fingerprint density at radius 1 is 1.25 bits per heavy atom. The van der Waals surface area contributed by atoms with E-state index in [4.69, 9.17) is 23.4 Å². The SMILES string of the molecule is COC1(C=CCOc2ccc3c(-c4ccoc4)c4c(cc3c2)C(=O)OC4)CCOC(C)C1. The summed E-state index contributed by atoms with van der Waals surface area (Å²) < 4.78 is 28.0. The number of esters is 1. The lowest BCUT2D eigenvalue weighted by molar-refractivity contribution is -0.0909. The molecule has 5 rings (SSSR count). The van der Waals surface area contributed by atoms with Crippen LogP contribution in [0.2, 0.25) is 0 Å². The zero-order valence-electron chi connectivity index (χ0n) is 18.3. The number of benzene rings is 2. The average Bonchev–Trinajstić information content (AvgIpc) is 3.46. The lowest BCUT2D eigenvalue weighted by Crippen LogP contribution is -2.39. The molecule has 1 fully saturated rings. The van der Waals surface area contributed by atoms with E-state index in [1.54, 1.807) is 19.6 Å². The van der Waals surface area contributed by atoms with Crippen LogP contribution < -0.4 is 4.74 Å². The normalized spacial score (nSPS) is 22.9. The van der Waals surface area contributed by atoms with Crippen LogP contribution in [0, 0.1) is 0 Å². The summed E-state index contributed by atoms with van der Waals surface area (Å²) in [7, 11) is 1.74. The summed E-state index contributed by atoms with van der Waals surface area (Å²) in [6.07, 6.45) is 9.25. The van der Waals surface area contributed by atoms with Crippen molar-refractivity contribution in [3.05, 3.63) is 66.1 Å². The second kappa shape index (κ2) is 8.45. The van der Waals surface area contributed by atoms with Crippen LogP contribution in [0.25, 0.3) is 21.9 Å². The zero-order valence-corrected chi connectivity index (χ0v) is 18.3. The molecule has 1 aromatic heterocycles. The minimum absolute atomic E-state index is 0.174. The van der Waals surface area contributed by atoms with Crippen LogP contribution in [0.5, 0.6) is 5.75 Å². The van der Waals surface area contributed by atoms with Crippen molar-refractivity contribution in [1.29, 1.82) is 0 Å². The van der Waals surface area contributed by atoms with E-state index in [0.29, 0.717) is 18.8 Å². The smallest absolute Gasteiger partial charge is 0.338 e. The maximum absolute atomic E-state index is 12.3. The lowest BCUT2D eigenvalue weighted by Gasteiger charge is -2.36. The Hall–Kier alpha value is -3.09. The number of cyclic esters (lactones) is 1. The number of ether oxygens (including phenoxy) is 4. The first-order chi connectivity index (χ1) is 15.6. The number of furan rings is 1. The van der Waals surface area contributed by atoms with Gasteiger partial charge in [-0.2, -0.15) is 0 Å². The van der Waals surface area contributed by atoms with Crippen LogP contribution in [-0.4, -0.2) is 38.0 Å². The van der Waals surface area contributed by atoms with Gasteiger partial charge in [0, 0.05) is 43.2 Å². The van der Waals surface area contributed by atoms with Crippen molar-refractivity contribution in [1.82, 2.24) is 0 Å². The van der Waals surface area contributed by atoms with Gasteiger partial charge in [0.2, 0.25) is 0 Å². The summed E-state index contributed by atoms with van der Waals surface area (Å²) in [4.78, 5) is 12.3. The molecule has 2 atom stereocenters. The molecule has 0 saturated carbocycles. The van der Waals surface area contributed by atoms with Gasteiger partial charge in [0.1, 0.15) is 19.0 Å². The maximum atomic E-state index is 12.3. The average molecular weight is 434 g/mol. The van der Waals surface area contributed by atoms with Crippen molar-refractivity contribution < 1.29 is 28.2 Å². The standard InChI is InChI=1S/C26H26O6/c1-17-14-26(28-2,8-11-30-17)7-3-9-31-20-4-5-21-19(12-20)13-22-23(16-32-25(22)27)24(21)18-6-10-29-15-18/h3-7,10,12-13,15,17H,8-9,11,14,16H2,1-2H3. The minimum Gasteiger partial charge on any atom is -0.490 e. The Bertz CT molecular complexity index is 1160. The van der Waals surface area contributed by atoms with Crippen LogP contribution in [0.1, 0.15) is 35.7 Å². The highest BCUT2D eigenvalue weighted by Gasteiger charge is 2.33. The highest BCUT2D eigenvalue weighted by molar-refractivity contribution is 6.07. The summed E-state index contributed by atoms with van der Waals surface area (Å²) >= 11 is 0. The van der Waals surface area contributed by atoms with Gasteiger partial charge in [-0.25, -0.2) is 4.79 Å². The molecule has 3 aromatic rings. The first kappa shape index (κ1) is 20.8. The molecule has 32 heavy (non-hydrogen) atoms. The summed E-state index contributed by atoms with van der Waals surface area (Å²) in [5, 5.41) is 1.95. The first-order valence-corrected chi connectivity index (χ1v) is 10.9. The molecule has 0 bridgehead atoms. The fourth-order valence-electron chi connectivity index (χ4n) is 4.69. The predicted molar refractivity (Wildman–Crippen MR) is 120 cm³/mol. The van der Waals surface area contributed by atoms with E-state index in [1.165, 1.54) is 0 Å². The number of methoxy groups -OCH3 is 1. The Kier molecular flexibility index (Phi) is 5.49. The van der Waals surface area contributed by atoms with Crippen molar-refractivity contribution in [3.8, 4) is 16.9 Å². The van der Waals surface area contributed by atoms with Gasteiger partial charge in [0.05, 0.1) is 29.8 Å². The molecule has 166 valence electrons. The van der Waals surface area contributed by atoms with E-state index in [9.17, 15) is 4.79 Å². The van der Waals surface area contributed by atoms with E-state index >= 15 is 0 Å². The number of hydrogen-bond donors (Lipinski definition) is 0. The number of rotatable bonds is 6. The van der Waals surface area contributed by atoms with E-state index in [1.807, 2.05) is 36.4 Å². The number of carbonyl (C=O) groups is 1. The molecule has 0 radical (unpaired) electrons. The predicted octanol–water partition coefficient (Wildman–Crippen LogP) is 5.29. The second-order valence-corrected chi connectivity index (χ2v) is 8.37. The Balaban J connectivity index is 1.40. The summed E-state index contributed by atoms with van der Waals surface area (Å²) in [5.74, 6) is 0.440. The molecule has 2 aliphatic heterocycles. The Morgan fingerprint density at radius 2 is 2.16 bits per heavy atom. The van der Waals surface area contributed by atoms with E-state index in [2.05, 4.69) is 13.0 Å². The van der Waals surface area contributed by atoms with Crippen molar-refractivity contribution >= 4 is 16.7 Å². The summed E-state index contributed by atoms with van der Waals surface area (Å²) in [6, 6.07) is 9.72. The largest absolute Gasteiger partial charge is 0.490 e. The van der Waals surface area contributed by atoms with Crippen molar-refractivity contribution in [2.24, 2.45) is 0 Å². The molecular formula is C26H26O6. The third-order valence-electron chi connectivity index (χ3n) is 6.33. The number of carbonyl (C=O) groups excluding carboxylic acids is 1. The van der Waals surface area contributed by atoms with Crippen LogP contribution in [0.4, 0.5) is 0 Å². The van der Waals surface area contributed by atoms with Crippen LogP contribution >= 0.6 is 0 Å². The summed E-state index contributed by atoms with van der Waals surface area (Å²) in [5.41, 5.74) is 3.10. The van der Waals surface area contributed by atoms with Crippen molar-refractivity contribution in [2.45, 2.75) is 38.1 Å². The van der Waals surface area contributed by atoms with Crippen molar-refractivity contribution in [2.75, 3.05) is 20.3 Å². The molecule has 6 nitrogen and oxygen atoms in total. The molecule has 2 aromatic carbocycles. The number of hydrogen-bond acceptors (Lipinski definition) is 6. The monoisotopic (exact) mass is 434 g/mol. The van der Waals surface area contributed by atoms with Crippen LogP contribution in [0.3, 0.4) is 0 Å². The van der Waals surface area contributed by atoms with E-state index in [0.717, 1.165) is 46.1 Å². The fraction of sp³-hybridized carbons (Fsp3) is 0.346. The van der Waals surface area contributed by atoms with Gasteiger partial charge in [0.25, 0.3) is 0 Å². The summed E-state index contributed by atoms with van der Waals surface area (Å²) in [6.45, 7) is 3.46. The Morgan fingerprint density at radius 3 is 2.94 bits per heavy atom. The molecule has 0 spiro atoms. The van der Waals surface area contributed by atoms with Crippen LogP contribution in [0.15, 0.2) is 59.4 Å². The van der Waals surface area contributed by atoms with Gasteiger partial charge in [-0.15, -0.1) is 0 Å². The van der Waals surface area contributed by atoms with Gasteiger partial charge in [-0.05, 0) is 48.0 Å². The van der Waals surface area contributed by atoms with E-state index in [-0.39, 0.29) is 24.3 Å². The number of fused-ring (bicyclic) bond motifs is 2. The molecule has 2 unspecified atom stereocenters. The highest BCUT2D eigenvalue weighted by atomic mass is 16.5. The molecular weight excluding hydrogens is 408 g/mol. The van der Waals surface area contributed by atoms with Gasteiger partial charge >= 0.3 is 5.97 Å². The maximum Gasteiger partial charge on any atom is 0.338 e. The molecule has 1 saturated heterocycles. The third-order valence-corrected chi connectivity index (χ3v) is 6.33. The molecule has 2 aliphatic rings. The van der Waals surface area contributed by atoms with Gasteiger partial charge < -0.3 is 23.4 Å². The minimum atomic E-state index is -0.301. The van der Waals surface area contributed by atoms with Gasteiger partial charge in [0.15, 0.2) is 0 Å². The van der Waals surface area contributed by atoms with Gasteiger partial charge in [-0.3, -0.25) is 0 Å². The van der Waals surface area contributed by atoms with Gasteiger partial charge in [-0.1, -0.05) is 12.1 Å². The topological polar surface area (TPSA) is 67.1 Å². The fourth-order valence-corrected chi connectivity index (χ4v) is 4.69. The molecule has 6 heteroatoms. The van der Waals surface area contributed by atoms with Crippen LogP contribution in [-0.2, 0) is 20.8 Å². The first-order valence-electron chi connectivity index (χ1n) is 10.9. The zero-order chi connectivity index (χ0) is 22.1. The molecule has 0 aliphatic carbocycles. The molecule has 3 heterocycles. The highest BCUT2D eigenvalue weighted by Crippen LogP contribution is 2.39. The third kappa shape index (κ3) is 3.80. The second-order valence-electron chi connectivity index (χ2n) is 8.37. The quantitative estimate of drug-likeness (QED) is 0.388. The Labute approximate surface area is 186 Å². The molecule has 0 N–H and O–H groups in total.